The number of carbonyl (C=O) groups excluding carboxylic acids is 1. The minimum absolute atomic E-state index is 0.165. The Kier molecular flexibility index (Phi) is 3.94. The summed E-state index contributed by atoms with van der Waals surface area (Å²) in [6, 6.07) is 7.03. The number of nitrogens with one attached hydrogen (secondary N) is 1. The van der Waals surface area contributed by atoms with Crippen molar-refractivity contribution >= 4 is 22.9 Å². The van der Waals surface area contributed by atoms with Crippen molar-refractivity contribution < 1.29 is 4.79 Å². The van der Waals surface area contributed by atoms with Crippen LogP contribution in [0.5, 0.6) is 0 Å². The molecule has 0 aliphatic heterocycles. The van der Waals surface area contributed by atoms with Gasteiger partial charge in [-0.1, -0.05) is 19.1 Å². The van der Waals surface area contributed by atoms with Crippen LogP contribution >= 0.6 is 11.3 Å². The molecule has 1 amide bonds. The van der Waals surface area contributed by atoms with Crippen LogP contribution in [0, 0.1) is 0 Å². The highest BCUT2D eigenvalue weighted by molar-refractivity contribution is 7.11. The number of rotatable bonds is 4. The molecular weight excluding hydrogens is 246 g/mol. The Hall–Kier alpha value is -1.88. The number of aromatic nitrogens is 1. The summed E-state index contributed by atoms with van der Waals surface area (Å²) >= 11 is 1.62. The fourth-order valence-electron chi connectivity index (χ4n) is 1.55. The Bertz CT molecular complexity index is 551. The molecule has 1 aromatic carbocycles. The lowest BCUT2D eigenvalue weighted by molar-refractivity contribution is 0.0952. The summed E-state index contributed by atoms with van der Waals surface area (Å²) < 4.78 is 0. The molecule has 0 atom stereocenters. The van der Waals surface area contributed by atoms with E-state index in [2.05, 4.69) is 17.2 Å². The SMILES string of the molecule is CCc1cnc(CNC(=O)c2ccccc2N)s1. The smallest absolute Gasteiger partial charge is 0.253 e. The molecule has 0 aliphatic rings. The summed E-state index contributed by atoms with van der Waals surface area (Å²) in [4.78, 5) is 17.4. The predicted molar refractivity (Wildman–Crippen MR) is 73.5 cm³/mol. The number of nitrogens with zero attached hydrogens (tertiary/aromatic N) is 1. The van der Waals surface area contributed by atoms with Crippen LogP contribution in [-0.2, 0) is 13.0 Å². The highest BCUT2D eigenvalue weighted by atomic mass is 32.1. The van der Waals surface area contributed by atoms with E-state index in [1.165, 1.54) is 4.88 Å². The fraction of sp³-hybridized carbons (Fsp3) is 0.231. The molecule has 0 aliphatic carbocycles. The molecule has 0 unspecified atom stereocenters. The van der Waals surface area contributed by atoms with Crippen LogP contribution in [0.15, 0.2) is 30.5 Å². The van der Waals surface area contributed by atoms with Gasteiger partial charge in [-0.25, -0.2) is 4.98 Å². The first-order valence-corrected chi connectivity index (χ1v) is 6.58. The van der Waals surface area contributed by atoms with Crippen LogP contribution in [0.2, 0.25) is 0 Å². The Morgan fingerprint density at radius 2 is 2.22 bits per heavy atom. The minimum Gasteiger partial charge on any atom is -0.398 e. The van der Waals surface area contributed by atoms with Gasteiger partial charge in [0.1, 0.15) is 5.01 Å². The Morgan fingerprint density at radius 3 is 2.89 bits per heavy atom. The van der Waals surface area contributed by atoms with Crippen LogP contribution in [0.1, 0.15) is 27.2 Å². The molecule has 1 aromatic heterocycles. The van der Waals surface area contributed by atoms with Gasteiger partial charge in [0, 0.05) is 16.8 Å². The van der Waals surface area contributed by atoms with Crippen LogP contribution in [0.4, 0.5) is 5.69 Å². The number of thiazole rings is 1. The van der Waals surface area contributed by atoms with E-state index < -0.39 is 0 Å². The quantitative estimate of drug-likeness (QED) is 0.829. The molecule has 0 bridgehead atoms. The van der Waals surface area contributed by atoms with Crippen molar-refractivity contribution in [1.82, 2.24) is 10.3 Å². The van der Waals surface area contributed by atoms with E-state index >= 15 is 0 Å². The average Bonchev–Trinajstić information content (AvgIpc) is 2.84. The summed E-state index contributed by atoms with van der Waals surface area (Å²) in [7, 11) is 0. The number of hydrogen-bond acceptors (Lipinski definition) is 4. The van der Waals surface area contributed by atoms with Crippen LogP contribution in [0.3, 0.4) is 0 Å². The third-order valence-electron chi connectivity index (χ3n) is 2.56. The van der Waals surface area contributed by atoms with Crippen LogP contribution < -0.4 is 11.1 Å². The van der Waals surface area contributed by atoms with E-state index in [1.54, 1.807) is 35.6 Å². The molecule has 4 nitrogen and oxygen atoms in total. The number of nitrogens with two attached hydrogens (primary N) is 1. The summed E-state index contributed by atoms with van der Waals surface area (Å²) in [5, 5.41) is 3.73. The van der Waals surface area contributed by atoms with E-state index in [4.69, 9.17) is 5.73 Å². The maximum Gasteiger partial charge on any atom is 0.253 e. The minimum atomic E-state index is -0.165. The zero-order valence-corrected chi connectivity index (χ0v) is 11.0. The molecule has 1 heterocycles. The zero-order valence-electron chi connectivity index (χ0n) is 10.1. The number of benzene rings is 1. The molecule has 0 fully saturated rings. The van der Waals surface area contributed by atoms with Crippen molar-refractivity contribution in [2.75, 3.05) is 5.73 Å². The monoisotopic (exact) mass is 261 g/mol. The number of amides is 1. The number of carbonyl (C=O) groups is 1. The topological polar surface area (TPSA) is 68.0 Å². The van der Waals surface area contributed by atoms with Crippen molar-refractivity contribution in [3.8, 4) is 0 Å². The standard InChI is InChI=1S/C13H15N3OS/c1-2-9-7-15-12(18-9)8-16-13(17)10-5-3-4-6-11(10)14/h3-7H,2,8,14H2,1H3,(H,16,17). The normalized spacial score (nSPS) is 10.3. The van der Waals surface area contributed by atoms with Gasteiger partial charge < -0.3 is 11.1 Å². The predicted octanol–water partition coefficient (Wildman–Crippen LogP) is 2.22. The summed E-state index contributed by atoms with van der Waals surface area (Å²) in [5.74, 6) is -0.165. The molecule has 94 valence electrons. The van der Waals surface area contributed by atoms with Gasteiger partial charge in [0.05, 0.1) is 12.1 Å². The molecule has 5 heteroatoms. The first-order chi connectivity index (χ1) is 8.70. The summed E-state index contributed by atoms with van der Waals surface area (Å²) in [6.07, 6.45) is 2.82. The number of anilines is 1. The van der Waals surface area contributed by atoms with Gasteiger partial charge in [0.15, 0.2) is 0 Å². The first kappa shape index (κ1) is 12.6. The largest absolute Gasteiger partial charge is 0.398 e. The molecule has 0 spiro atoms. The van der Waals surface area contributed by atoms with Crippen LogP contribution in [-0.4, -0.2) is 10.9 Å². The molecule has 0 saturated carbocycles. The van der Waals surface area contributed by atoms with Gasteiger partial charge in [-0.05, 0) is 18.6 Å². The van der Waals surface area contributed by atoms with Gasteiger partial charge in [-0.2, -0.15) is 0 Å². The number of para-hydroxylation sites is 1. The number of aryl methyl sites for hydroxylation is 1. The van der Waals surface area contributed by atoms with Gasteiger partial charge >= 0.3 is 0 Å². The highest BCUT2D eigenvalue weighted by Crippen LogP contribution is 2.14. The second kappa shape index (κ2) is 5.64. The third kappa shape index (κ3) is 2.87. The Morgan fingerprint density at radius 1 is 1.44 bits per heavy atom. The first-order valence-electron chi connectivity index (χ1n) is 5.77. The summed E-state index contributed by atoms with van der Waals surface area (Å²) in [6.45, 7) is 2.53. The second-order valence-corrected chi connectivity index (χ2v) is 5.04. The second-order valence-electron chi connectivity index (χ2n) is 3.84. The van der Waals surface area contributed by atoms with E-state index in [9.17, 15) is 4.79 Å². The van der Waals surface area contributed by atoms with E-state index in [1.807, 2.05) is 6.20 Å². The van der Waals surface area contributed by atoms with E-state index in [-0.39, 0.29) is 5.91 Å². The van der Waals surface area contributed by atoms with E-state index in [0.29, 0.717) is 17.8 Å². The molecule has 3 N–H and O–H groups in total. The zero-order chi connectivity index (χ0) is 13.0. The lowest BCUT2D eigenvalue weighted by atomic mass is 10.2. The number of hydrogen-bond donors (Lipinski definition) is 2. The fourth-order valence-corrected chi connectivity index (χ4v) is 2.35. The molecule has 2 aromatic rings. The Labute approximate surface area is 110 Å². The Balaban J connectivity index is 1.98. The molecule has 0 saturated heterocycles. The highest BCUT2D eigenvalue weighted by Gasteiger charge is 2.09. The van der Waals surface area contributed by atoms with Gasteiger partial charge in [0.2, 0.25) is 0 Å². The average molecular weight is 261 g/mol. The van der Waals surface area contributed by atoms with Crippen molar-refractivity contribution in [1.29, 1.82) is 0 Å². The molecule has 0 radical (unpaired) electrons. The van der Waals surface area contributed by atoms with Gasteiger partial charge in [0.25, 0.3) is 5.91 Å². The van der Waals surface area contributed by atoms with Crippen molar-refractivity contribution in [3.05, 3.63) is 45.9 Å². The summed E-state index contributed by atoms with van der Waals surface area (Å²) in [5.41, 5.74) is 6.74. The molecule has 18 heavy (non-hydrogen) atoms. The number of nitrogen functional groups attached to an aromatic ring is 1. The molecular formula is C13H15N3OS. The molecule has 2 rings (SSSR count). The van der Waals surface area contributed by atoms with Gasteiger partial charge in [-0.3, -0.25) is 4.79 Å². The van der Waals surface area contributed by atoms with Crippen molar-refractivity contribution in [2.45, 2.75) is 19.9 Å². The van der Waals surface area contributed by atoms with Crippen molar-refractivity contribution in [2.24, 2.45) is 0 Å². The maximum absolute atomic E-state index is 11.9. The lowest BCUT2D eigenvalue weighted by Gasteiger charge is -2.05. The third-order valence-corrected chi connectivity index (χ3v) is 3.70. The van der Waals surface area contributed by atoms with Gasteiger partial charge in [-0.15, -0.1) is 11.3 Å². The van der Waals surface area contributed by atoms with Crippen LogP contribution in [0.25, 0.3) is 0 Å². The maximum atomic E-state index is 11.9. The lowest BCUT2D eigenvalue weighted by Crippen LogP contribution is -2.23. The van der Waals surface area contributed by atoms with E-state index in [0.717, 1.165) is 11.4 Å². The van der Waals surface area contributed by atoms with Crippen molar-refractivity contribution in [3.63, 3.8) is 0 Å².